The van der Waals surface area contributed by atoms with Crippen LogP contribution in [0.15, 0.2) is 18.2 Å². The Balaban J connectivity index is 3.13. The summed E-state index contributed by atoms with van der Waals surface area (Å²) in [6, 6.07) is 5.01. The van der Waals surface area contributed by atoms with Crippen LogP contribution in [0.4, 0.5) is 0 Å². The largest absolute Gasteiger partial charge is 0.497 e. The lowest BCUT2D eigenvalue weighted by Crippen LogP contribution is -2.11. The third-order valence-electron chi connectivity index (χ3n) is 2.04. The van der Waals surface area contributed by atoms with E-state index in [1.807, 2.05) is 0 Å². The fourth-order valence-corrected chi connectivity index (χ4v) is 1.33. The van der Waals surface area contributed by atoms with Gasteiger partial charge in [0.15, 0.2) is 5.78 Å². The van der Waals surface area contributed by atoms with Gasteiger partial charge in [0.1, 0.15) is 11.5 Å². The fraction of sp³-hybridized carbons (Fsp3) is 0.364. The molecule has 1 atom stereocenters. The highest BCUT2D eigenvalue weighted by Crippen LogP contribution is 2.26. The SMILES string of the molecule is COc1ccc(C(=O)C(C)Cl)c(OC)c1. The molecule has 15 heavy (non-hydrogen) atoms. The van der Waals surface area contributed by atoms with Crippen LogP contribution in [-0.4, -0.2) is 25.4 Å². The maximum atomic E-state index is 11.7. The first-order chi connectivity index (χ1) is 7.10. The molecule has 0 spiro atoms. The van der Waals surface area contributed by atoms with E-state index in [4.69, 9.17) is 21.1 Å². The molecule has 0 fully saturated rings. The number of ketones is 1. The summed E-state index contributed by atoms with van der Waals surface area (Å²) in [5.41, 5.74) is 0.473. The van der Waals surface area contributed by atoms with Crippen LogP contribution in [0.25, 0.3) is 0 Å². The van der Waals surface area contributed by atoms with Crippen LogP contribution in [0, 0.1) is 0 Å². The van der Waals surface area contributed by atoms with Crippen LogP contribution < -0.4 is 9.47 Å². The zero-order valence-corrected chi connectivity index (χ0v) is 9.67. The molecule has 1 rings (SSSR count). The summed E-state index contributed by atoms with van der Waals surface area (Å²) >= 11 is 5.73. The van der Waals surface area contributed by atoms with Crippen molar-refractivity contribution in [3.8, 4) is 11.5 Å². The molecule has 0 saturated heterocycles. The van der Waals surface area contributed by atoms with Gasteiger partial charge in [-0.1, -0.05) is 0 Å². The number of hydrogen-bond donors (Lipinski definition) is 0. The molecule has 0 aliphatic carbocycles. The van der Waals surface area contributed by atoms with Crippen molar-refractivity contribution in [3.63, 3.8) is 0 Å². The second kappa shape index (κ2) is 5.03. The molecular formula is C11H13ClO3. The molecule has 1 aromatic rings. The minimum atomic E-state index is -0.563. The van der Waals surface area contributed by atoms with Gasteiger partial charge in [0.05, 0.1) is 25.2 Å². The quantitative estimate of drug-likeness (QED) is 0.587. The third kappa shape index (κ3) is 2.63. The first-order valence-corrected chi connectivity index (χ1v) is 4.94. The highest BCUT2D eigenvalue weighted by atomic mass is 35.5. The number of rotatable bonds is 4. The molecule has 0 amide bonds. The Bertz CT molecular complexity index is 361. The number of hydrogen-bond acceptors (Lipinski definition) is 3. The van der Waals surface area contributed by atoms with Crippen LogP contribution >= 0.6 is 11.6 Å². The van der Waals surface area contributed by atoms with Gasteiger partial charge in [-0.25, -0.2) is 0 Å². The molecule has 0 bridgehead atoms. The average Bonchev–Trinajstić information content (AvgIpc) is 2.27. The summed E-state index contributed by atoms with van der Waals surface area (Å²) in [5.74, 6) is 0.966. The van der Waals surface area contributed by atoms with Crippen molar-refractivity contribution in [3.05, 3.63) is 23.8 Å². The number of halogens is 1. The van der Waals surface area contributed by atoms with E-state index in [0.717, 1.165) is 0 Å². The van der Waals surface area contributed by atoms with Gasteiger partial charge in [0.2, 0.25) is 0 Å². The molecule has 0 aliphatic heterocycles. The van der Waals surface area contributed by atoms with E-state index in [9.17, 15) is 4.79 Å². The summed E-state index contributed by atoms with van der Waals surface area (Å²) in [4.78, 5) is 11.7. The minimum absolute atomic E-state index is 0.156. The van der Waals surface area contributed by atoms with Crippen molar-refractivity contribution in [2.45, 2.75) is 12.3 Å². The molecule has 0 heterocycles. The van der Waals surface area contributed by atoms with Crippen LogP contribution in [0.2, 0.25) is 0 Å². The maximum absolute atomic E-state index is 11.7. The summed E-state index contributed by atoms with van der Waals surface area (Å²) in [5, 5.41) is -0.563. The Morgan fingerprint density at radius 2 is 2.00 bits per heavy atom. The van der Waals surface area contributed by atoms with Crippen LogP contribution in [0.5, 0.6) is 11.5 Å². The van der Waals surface area contributed by atoms with Crippen molar-refractivity contribution in [2.24, 2.45) is 0 Å². The Labute approximate surface area is 93.9 Å². The number of ether oxygens (including phenoxy) is 2. The normalized spacial score (nSPS) is 12.0. The van der Waals surface area contributed by atoms with Gasteiger partial charge < -0.3 is 9.47 Å². The smallest absolute Gasteiger partial charge is 0.184 e. The van der Waals surface area contributed by atoms with Crippen LogP contribution in [-0.2, 0) is 0 Å². The predicted molar refractivity (Wildman–Crippen MR) is 59.2 cm³/mol. The van der Waals surface area contributed by atoms with Gasteiger partial charge >= 0.3 is 0 Å². The van der Waals surface area contributed by atoms with E-state index in [2.05, 4.69) is 0 Å². The summed E-state index contributed by atoms with van der Waals surface area (Å²) in [6.45, 7) is 1.63. The van der Waals surface area contributed by atoms with E-state index in [0.29, 0.717) is 17.1 Å². The number of carbonyl (C=O) groups is 1. The number of alkyl halides is 1. The number of benzene rings is 1. The third-order valence-corrected chi connectivity index (χ3v) is 2.23. The second-order valence-electron chi connectivity index (χ2n) is 3.05. The number of methoxy groups -OCH3 is 2. The van der Waals surface area contributed by atoms with Gasteiger partial charge in [0.25, 0.3) is 0 Å². The first-order valence-electron chi connectivity index (χ1n) is 4.50. The molecule has 0 aliphatic rings. The van der Waals surface area contributed by atoms with Crippen LogP contribution in [0.1, 0.15) is 17.3 Å². The standard InChI is InChI=1S/C11H13ClO3/c1-7(12)11(13)9-5-4-8(14-2)6-10(9)15-3/h4-7H,1-3H3. The van der Waals surface area contributed by atoms with E-state index >= 15 is 0 Å². The average molecular weight is 229 g/mol. The van der Waals surface area contributed by atoms with Crippen molar-refractivity contribution in [1.82, 2.24) is 0 Å². The molecule has 0 radical (unpaired) electrons. The molecule has 82 valence electrons. The highest BCUT2D eigenvalue weighted by molar-refractivity contribution is 6.33. The molecular weight excluding hydrogens is 216 g/mol. The number of carbonyl (C=O) groups excluding carboxylic acids is 1. The summed E-state index contributed by atoms with van der Waals surface area (Å²) in [6.07, 6.45) is 0. The molecule has 1 aromatic carbocycles. The highest BCUT2D eigenvalue weighted by Gasteiger charge is 2.17. The Hall–Kier alpha value is -1.22. The lowest BCUT2D eigenvalue weighted by Gasteiger charge is -2.10. The number of Topliss-reactive ketones (excluding diaryl/α,β-unsaturated/α-hetero) is 1. The monoisotopic (exact) mass is 228 g/mol. The van der Waals surface area contributed by atoms with Gasteiger partial charge in [-0.05, 0) is 19.1 Å². The lowest BCUT2D eigenvalue weighted by molar-refractivity contribution is 0.0989. The van der Waals surface area contributed by atoms with Crippen molar-refractivity contribution in [2.75, 3.05) is 14.2 Å². The van der Waals surface area contributed by atoms with Gasteiger partial charge in [-0.15, -0.1) is 11.6 Å². The Morgan fingerprint density at radius 1 is 1.33 bits per heavy atom. The summed E-state index contributed by atoms with van der Waals surface area (Å²) in [7, 11) is 3.06. The molecule has 0 saturated carbocycles. The molecule has 3 nitrogen and oxygen atoms in total. The zero-order chi connectivity index (χ0) is 11.4. The van der Waals surface area contributed by atoms with E-state index in [-0.39, 0.29) is 5.78 Å². The zero-order valence-electron chi connectivity index (χ0n) is 8.91. The molecule has 4 heteroatoms. The minimum Gasteiger partial charge on any atom is -0.497 e. The van der Waals surface area contributed by atoms with E-state index in [1.165, 1.54) is 7.11 Å². The van der Waals surface area contributed by atoms with Gasteiger partial charge in [0, 0.05) is 6.07 Å². The first kappa shape index (κ1) is 11.9. The predicted octanol–water partition coefficient (Wildman–Crippen LogP) is 2.51. The van der Waals surface area contributed by atoms with Crippen molar-refractivity contribution < 1.29 is 14.3 Å². The van der Waals surface area contributed by atoms with Gasteiger partial charge in [-0.3, -0.25) is 4.79 Å². The van der Waals surface area contributed by atoms with E-state index < -0.39 is 5.38 Å². The second-order valence-corrected chi connectivity index (χ2v) is 3.70. The van der Waals surface area contributed by atoms with Crippen molar-refractivity contribution >= 4 is 17.4 Å². The van der Waals surface area contributed by atoms with Crippen molar-refractivity contribution in [1.29, 1.82) is 0 Å². The summed E-state index contributed by atoms with van der Waals surface area (Å²) < 4.78 is 10.1. The van der Waals surface area contributed by atoms with Gasteiger partial charge in [-0.2, -0.15) is 0 Å². The Kier molecular flexibility index (Phi) is 3.97. The van der Waals surface area contributed by atoms with Crippen LogP contribution in [0.3, 0.4) is 0 Å². The molecule has 0 aromatic heterocycles. The lowest BCUT2D eigenvalue weighted by atomic mass is 10.1. The fourth-order valence-electron chi connectivity index (χ4n) is 1.22. The maximum Gasteiger partial charge on any atom is 0.184 e. The molecule has 0 N–H and O–H groups in total. The Morgan fingerprint density at radius 3 is 2.47 bits per heavy atom. The molecule has 1 unspecified atom stereocenters. The topological polar surface area (TPSA) is 35.5 Å². The van der Waals surface area contributed by atoms with E-state index in [1.54, 1.807) is 32.2 Å².